The first-order chi connectivity index (χ1) is 9.18. The Balaban J connectivity index is 1.88. The summed E-state index contributed by atoms with van der Waals surface area (Å²) in [6.07, 6.45) is 3.87. The van der Waals surface area contributed by atoms with Gasteiger partial charge < -0.3 is 9.84 Å². The van der Waals surface area contributed by atoms with Crippen molar-refractivity contribution in [2.45, 2.75) is 26.2 Å². The van der Waals surface area contributed by atoms with E-state index in [2.05, 4.69) is 4.90 Å². The van der Waals surface area contributed by atoms with Gasteiger partial charge in [-0.15, -0.1) is 0 Å². The van der Waals surface area contributed by atoms with Crippen molar-refractivity contribution in [3.63, 3.8) is 0 Å². The predicted molar refractivity (Wildman–Crippen MR) is 73.9 cm³/mol. The molecule has 1 N–H and O–H groups in total. The summed E-state index contributed by atoms with van der Waals surface area (Å²) in [5, 5.41) is 9.06. The lowest BCUT2D eigenvalue weighted by molar-refractivity contribution is 0.0695. The molecule has 0 atom stereocenters. The third kappa shape index (κ3) is 3.70. The number of likely N-dealkylation sites (tertiary alicyclic amines) is 1. The number of piperidine rings is 1. The van der Waals surface area contributed by atoms with E-state index in [4.69, 9.17) is 9.84 Å². The van der Waals surface area contributed by atoms with E-state index >= 15 is 0 Å². The molecule has 0 aliphatic carbocycles. The monoisotopic (exact) mass is 263 g/mol. The highest BCUT2D eigenvalue weighted by Gasteiger charge is 2.12. The lowest BCUT2D eigenvalue weighted by atomic mass is 10.1. The zero-order valence-corrected chi connectivity index (χ0v) is 11.4. The summed E-state index contributed by atoms with van der Waals surface area (Å²) in [7, 11) is 0. The standard InChI is InChI=1S/C15H21NO3/c1-12-13(15(17)18)6-5-7-14(12)19-11-10-16-8-3-2-4-9-16/h5-7H,2-4,8-11H2,1H3,(H,17,18). The summed E-state index contributed by atoms with van der Waals surface area (Å²) in [5.41, 5.74) is 1.02. The Morgan fingerprint density at radius 1 is 1.32 bits per heavy atom. The number of carboxylic acids is 1. The van der Waals surface area contributed by atoms with E-state index in [0.29, 0.717) is 23.5 Å². The first kappa shape index (κ1) is 13.9. The Hall–Kier alpha value is -1.55. The van der Waals surface area contributed by atoms with Gasteiger partial charge in [0.05, 0.1) is 5.56 Å². The van der Waals surface area contributed by atoms with Crippen LogP contribution in [0.2, 0.25) is 0 Å². The van der Waals surface area contributed by atoms with Crippen LogP contribution in [0.15, 0.2) is 18.2 Å². The molecule has 2 rings (SSSR count). The van der Waals surface area contributed by atoms with E-state index in [1.165, 1.54) is 19.3 Å². The highest BCUT2D eigenvalue weighted by atomic mass is 16.5. The molecule has 4 heteroatoms. The van der Waals surface area contributed by atoms with E-state index in [0.717, 1.165) is 19.6 Å². The van der Waals surface area contributed by atoms with Crippen molar-refractivity contribution in [2.75, 3.05) is 26.2 Å². The lowest BCUT2D eigenvalue weighted by Gasteiger charge is -2.26. The average molecular weight is 263 g/mol. The third-order valence-corrected chi connectivity index (χ3v) is 3.63. The van der Waals surface area contributed by atoms with Gasteiger partial charge in [0.2, 0.25) is 0 Å². The number of nitrogens with zero attached hydrogens (tertiary/aromatic N) is 1. The molecule has 0 radical (unpaired) electrons. The molecule has 4 nitrogen and oxygen atoms in total. The fourth-order valence-corrected chi connectivity index (χ4v) is 2.47. The van der Waals surface area contributed by atoms with E-state index in [1.54, 1.807) is 19.1 Å². The zero-order valence-electron chi connectivity index (χ0n) is 11.4. The summed E-state index contributed by atoms with van der Waals surface area (Å²) < 4.78 is 5.73. The largest absolute Gasteiger partial charge is 0.492 e. The fourth-order valence-electron chi connectivity index (χ4n) is 2.47. The molecule has 0 spiro atoms. The second-order valence-corrected chi connectivity index (χ2v) is 4.98. The Morgan fingerprint density at radius 2 is 2.05 bits per heavy atom. The first-order valence-corrected chi connectivity index (χ1v) is 6.86. The molecule has 0 saturated carbocycles. The molecule has 0 amide bonds. The van der Waals surface area contributed by atoms with Crippen molar-refractivity contribution in [1.29, 1.82) is 0 Å². The number of hydrogen-bond donors (Lipinski definition) is 1. The van der Waals surface area contributed by atoms with Gasteiger partial charge in [-0.3, -0.25) is 4.90 Å². The molecule has 1 aliphatic heterocycles. The topological polar surface area (TPSA) is 49.8 Å². The average Bonchev–Trinajstić information content (AvgIpc) is 2.41. The first-order valence-electron chi connectivity index (χ1n) is 6.86. The summed E-state index contributed by atoms with van der Waals surface area (Å²) in [6, 6.07) is 5.17. The zero-order chi connectivity index (χ0) is 13.7. The van der Waals surface area contributed by atoms with Crippen molar-refractivity contribution < 1.29 is 14.6 Å². The quantitative estimate of drug-likeness (QED) is 0.887. The molecular weight excluding hydrogens is 242 g/mol. The maximum absolute atomic E-state index is 11.0. The molecule has 1 heterocycles. The smallest absolute Gasteiger partial charge is 0.336 e. The van der Waals surface area contributed by atoms with Gasteiger partial charge in [-0.05, 0) is 45.0 Å². The van der Waals surface area contributed by atoms with Gasteiger partial charge in [-0.1, -0.05) is 12.5 Å². The lowest BCUT2D eigenvalue weighted by Crippen LogP contribution is -2.33. The van der Waals surface area contributed by atoms with Crippen molar-refractivity contribution in [2.24, 2.45) is 0 Å². The third-order valence-electron chi connectivity index (χ3n) is 3.63. The Labute approximate surface area is 114 Å². The van der Waals surface area contributed by atoms with Crippen LogP contribution in [0.1, 0.15) is 35.2 Å². The van der Waals surface area contributed by atoms with Gasteiger partial charge in [0.15, 0.2) is 0 Å². The van der Waals surface area contributed by atoms with Crippen LogP contribution in [0.25, 0.3) is 0 Å². The normalized spacial score (nSPS) is 16.3. The number of carboxylic acid groups (broad SMARTS) is 1. The highest BCUT2D eigenvalue weighted by Crippen LogP contribution is 2.21. The van der Waals surface area contributed by atoms with Gasteiger partial charge >= 0.3 is 5.97 Å². The van der Waals surface area contributed by atoms with Crippen LogP contribution < -0.4 is 4.74 Å². The van der Waals surface area contributed by atoms with Crippen LogP contribution in [-0.4, -0.2) is 42.2 Å². The van der Waals surface area contributed by atoms with Crippen LogP contribution in [0.3, 0.4) is 0 Å². The Kier molecular flexibility index (Phi) is 4.80. The predicted octanol–water partition coefficient (Wildman–Crippen LogP) is 2.56. The van der Waals surface area contributed by atoms with Crippen LogP contribution >= 0.6 is 0 Å². The minimum atomic E-state index is -0.904. The SMILES string of the molecule is Cc1c(OCCN2CCCCC2)cccc1C(=O)O. The molecular formula is C15H21NO3. The van der Waals surface area contributed by atoms with Crippen LogP contribution in [0.4, 0.5) is 0 Å². The second kappa shape index (κ2) is 6.57. The van der Waals surface area contributed by atoms with E-state index in [9.17, 15) is 4.79 Å². The number of ether oxygens (including phenoxy) is 1. The summed E-state index contributed by atoms with van der Waals surface area (Å²) >= 11 is 0. The molecule has 19 heavy (non-hydrogen) atoms. The molecule has 0 aromatic heterocycles. The van der Waals surface area contributed by atoms with E-state index in [1.807, 2.05) is 6.07 Å². The van der Waals surface area contributed by atoms with Gasteiger partial charge in [0.1, 0.15) is 12.4 Å². The molecule has 104 valence electrons. The molecule has 0 unspecified atom stereocenters. The van der Waals surface area contributed by atoms with Crippen LogP contribution in [0, 0.1) is 6.92 Å². The Bertz CT molecular complexity index is 439. The molecule has 1 aromatic carbocycles. The summed E-state index contributed by atoms with van der Waals surface area (Å²) in [6.45, 7) is 5.62. The van der Waals surface area contributed by atoms with Gasteiger partial charge in [0.25, 0.3) is 0 Å². The molecule has 0 bridgehead atoms. The number of hydrogen-bond acceptors (Lipinski definition) is 3. The van der Waals surface area contributed by atoms with Gasteiger partial charge in [0, 0.05) is 12.1 Å². The number of aromatic carboxylic acids is 1. The van der Waals surface area contributed by atoms with Crippen molar-refractivity contribution >= 4 is 5.97 Å². The maximum Gasteiger partial charge on any atom is 0.336 e. The second-order valence-electron chi connectivity index (χ2n) is 4.98. The molecule has 1 fully saturated rings. The minimum absolute atomic E-state index is 0.315. The van der Waals surface area contributed by atoms with E-state index < -0.39 is 5.97 Å². The number of benzene rings is 1. The Morgan fingerprint density at radius 3 is 2.74 bits per heavy atom. The highest BCUT2D eigenvalue weighted by molar-refractivity contribution is 5.90. The summed E-state index contributed by atoms with van der Waals surface area (Å²) in [5.74, 6) is -0.226. The fraction of sp³-hybridized carbons (Fsp3) is 0.533. The van der Waals surface area contributed by atoms with Gasteiger partial charge in [-0.25, -0.2) is 4.79 Å². The number of rotatable bonds is 5. The van der Waals surface area contributed by atoms with E-state index in [-0.39, 0.29) is 0 Å². The minimum Gasteiger partial charge on any atom is -0.492 e. The van der Waals surface area contributed by atoms with Crippen LogP contribution in [0.5, 0.6) is 5.75 Å². The van der Waals surface area contributed by atoms with Crippen molar-refractivity contribution in [3.8, 4) is 5.75 Å². The molecule has 1 aliphatic rings. The maximum atomic E-state index is 11.0. The molecule has 1 aromatic rings. The van der Waals surface area contributed by atoms with Crippen molar-refractivity contribution in [1.82, 2.24) is 4.90 Å². The number of carbonyl (C=O) groups is 1. The molecule has 1 saturated heterocycles. The summed E-state index contributed by atoms with van der Waals surface area (Å²) in [4.78, 5) is 13.4. The van der Waals surface area contributed by atoms with Gasteiger partial charge in [-0.2, -0.15) is 0 Å². The van der Waals surface area contributed by atoms with Crippen molar-refractivity contribution in [3.05, 3.63) is 29.3 Å². The van der Waals surface area contributed by atoms with Crippen LogP contribution in [-0.2, 0) is 0 Å².